The van der Waals surface area contributed by atoms with Crippen molar-refractivity contribution in [3.05, 3.63) is 12.2 Å². The van der Waals surface area contributed by atoms with Crippen LogP contribution in [0.25, 0.3) is 0 Å². The van der Waals surface area contributed by atoms with Gasteiger partial charge < -0.3 is 9.84 Å². The zero-order chi connectivity index (χ0) is 24.4. The highest BCUT2D eigenvalue weighted by Gasteiger charge is 2.11. The Bertz CT molecular complexity index is 472. The third-order valence-electron chi connectivity index (χ3n) is 6.22. The maximum Gasteiger partial charge on any atom is 0.306 e. The van der Waals surface area contributed by atoms with Crippen LogP contribution in [0.3, 0.4) is 0 Å². The molecule has 194 valence electrons. The first kappa shape index (κ1) is 31.7. The highest BCUT2D eigenvalue weighted by atomic mass is 16.5. The van der Waals surface area contributed by atoms with Gasteiger partial charge in [-0.1, -0.05) is 110 Å². The van der Waals surface area contributed by atoms with Gasteiger partial charge in [0.05, 0.1) is 0 Å². The molecule has 0 aromatic heterocycles. The Kier molecular flexibility index (Phi) is 24.3. The largest absolute Gasteiger partial charge is 0.481 e. The molecular formula is C29H54O4. The Hall–Kier alpha value is -1.32. The first-order chi connectivity index (χ1) is 16.1. The molecule has 0 aliphatic heterocycles. The zero-order valence-corrected chi connectivity index (χ0v) is 22.0. The summed E-state index contributed by atoms with van der Waals surface area (Å²) in [5.41, 5.74) is 0. The quantitative estimate of drug-likeness (QED) is 0.0827. The number of ether oxygens (including phenoxy) is 1. The molecule has 33 heavy (non-hydrogen) atoms. The number of carbonyl (C=O) groups is 2. The minimum absolute atomic E-state index is 0.0681. The van der Waals surface area contributed by atoms with E-state index >= 15 is 0 Å². The van der Waals surface area contributed by atoms with Gasteiger partial charge in [0.1, 0.15) is 6.10 Å². The first-order valence-electron chi connectivity index (χ1n) is 14.2. The van der Waals surface area contributed by atoms with Crippen molar-refractivity contribution in [3.63, 3.8) is 0 Å². The second-order valence-corrected chi connectivity index (χ2v) is 9.58. The van der Waals surface area contributed by atoms with Gasteiger partial charge in [0, 0.05) is 12.8 Å². The fourth-order valence-corrected chi connectivity index (χ4v) is 4.09. The topological polar surface area (TPSA) is 63.6 Å². The smallest absolute Gasteiger partial charge is 0.306 e. The molecule has 0 aromatic carbocycles. The van der Waals surface area contributed by atoms with Crippen molar-refractivity contribution in [2.45, 2.75) is 161 Å². The molecule has 0 fully saturated rings. The van der Waals surface area contributed by atoms with E-state index in [0.29, 0.717) is 6.42 Å². The summed E-state index contributed by atoms with van der Waals surface area (Å²) < 4.78 is 5.79. The van der Waals surface area contributed by atoms with Gasteiger partial charge >= 0.3 is 11.9 Å². The highest BCUT2D eigenvalue weighted by Crippen LogP contribution is 2.15. The molecule has 4 heteroatoms. The zero-order valence-electron chi connectivity index (χ0n) is 22.0. The van der Waals surface area contributed by atoms with Crippen LogP contribution >= 0.6 is 0 Å². The number of hydrogen-bond acceptors (Lipinski definition) is 3. The van der Waals surface area contributed by atoms with Gasteiger partial charge in [-0.15, -0.1) is 0 Å². The molecule has 0 amide bonds. The number of carboxylic acids is 1. The number of rotatable bonds is 25. The maximum absolute atomic E-state index is 12.4. The second-order valence-electron chi connectivity index (χ2n) is 9.58. The number of aliphatic carboxylic acids is 1. The molecule has 0 heterocycles. The average Bonchev–Trinajstić information content (AvgIpc) is 2.79. The molecule has 0 spiro atoms. The van der Waals surface area contributed by atoms with Gasteiger partial charge in [0.2, 0.25) is 0 Å². The lowest BCUT2D eigenvalue weighted by molar-refractivity contribution is -0.147. The van der Waals surface area contributed by atoms with Crippen molar-refractivity contribution in [2.24, 2.45) is 0 Å². The van der Waals surface area contributed by atoms with Gasteiger partial charge in [-0.2, -0.15) is 0 Å². The van der Waals surface area contributed by atoms with E-state index in [4.69, 9.17) is 9.84 Å². The van der Waals surface area contributed by atoms with Gasteiger partial charge in [-0.25, -0.2) is 0 Å². The summed E-state index contributed by atoms with van der Waals surface area (Å²) in [4.78, 5) is 23.0. The van der Waals surface area contributed by atoms with Crippen molar-refractivity contribution in [1.29, 1.82) is 0 Å². The summed E-state index contributed by atoms with van der Waals surface area (Å²) in [5.74, 6) is -0.790. The predicted molar refractivity (Wildman–Crippen MR) is 140 cm³/mol. The molecule has 0 saturated carbocycles. The Labute approximate surface area is 204 Å². The molecule has 1 unspecified atom stereocenters. The molecule has 0 aliphatic rings. The molecule has 4 nitrogen and oxygen atoms in total. The van der Waals surface area contributed by atoms with E-state index in [1.807, 2.05) is 0 Å². The van der Waals surface area contributed by atoms with Crippen LogP contribution in [-0.2, 0) is 14.3 Å². The fraction of sp³-hybridized carbons (Fsp3) is 0.862. The van der Waals surface area contributed by atoms with Crippen LogP contribution in [-0.4, -0.2) is 23.1 Å². The number of unbranched alkanes of at least 4 members (excludes halogenated alkanes) is 16. The fourth-order valence-electron chi connectivity index (χ4n) is 4.09. The molecule has 0 saturated heterocycles. The van der Waals surface area contributed by atoms with Gasteiger partial charge in [-0.05, 0) is 44.6 Å². The lowest BCUT2D eigenvalue weighted by Crippen LogP contribution is -2.16. The molecule has 0 aliphatic carbocycles. The van der Waals surface area contributed by atoms with E-state index < -0.39 is 5.97 Å². The standard InChI is InChI=1S/C29H54O4/c1-3-5-7-9-11-12-14-16-22-26-29(32)33-27(23-19-15-13-10-8-6-4-2)24-20-17-18-21-25-28(30)31/h19,23,27H,3-18,20-22,24-26H2,1-2H3,(H,30,31)/b23-19-. The van der Waals surface area contributed by atoms with Crippen molar-refractivity contribution >= 4 is 11.9 Å². The van der Waals surface area contributed by atoms with Crippen molar-refractivity contribution < 1.29 is 19.4 Å². The lowest BCUT2D eigenvalue weighted by atomic mass is 10.1. The SMILES string of the molecule is CCCCCCC/C=C\C(CCCCCCC(=O)O)OC(=O)CCCCCCCCCCC. The molecule has 1 N–H and O–H groups in total. The first-order valence-corrected chi connectivity index (χ1v) is 14.2. The Morgan fingerprint density at radius 3 is 1.73 bits per heavy atom. The summed E-state index contributed by atoms with van der Waals surface area (Å²) in [5, 5.41) is 8.74. The molecular weight excluding hydrogens is 412 g/mol. The van der Waals surface area contributed by atoms with Gasteiger partial charge in [0.25, 0.3) is 0 Å². The van der Waals surface area contributed by atoms with Crippen LogP contribution in [0.2, 0.25) is 0 Å². The minimum atomic E-state index is -0.722. The number of carboxylic acid groups (broad SMARTS) is 1. The predicted octanol–water partition coefficient (Wildman–Crippen LogP) is 9.16. The number of esters is 1. The molecule has 0 rings (SSSR count). The summed E-state index contributed by atoms with van der Waals surface area (Å²) in [6.45, 7) is 4.48. The average molecular weight is 467 g/mol. The van der Waals surface area contributed by atoms with Crippen molar-refractivity contribution in [1.82, 2.24) is 0 Å². The van der Waals surface area contributed by atoms with E-state index in [0.717, 1.165) is 51.4 Å². The normalized spacial score (nSPS) is 12.3. The van der Waals surface area contributed by atoms with Crippen LogP contribution in [0.1, 0.15) is 155 Å². The number of hydrogen-bond donors (Lipinski definition) is 1. The molecule has 0 radical (unpaired) electrons. The Morgan fingerprint density at radius 1 is 0.667 bits per heavy atom. The van der Waals surface area contributed by atoms with Gasteiger partial charge in [-0.3, -0.25) is 9.59 Å². The van der Waals surface area contributed by atoms with Crippen molar-refractivity contribution in [2.75, 3.05) is 0 Å². The summed E-state index contributed by atoms with van der Waals surface area (Å²) >= 11 is 0. The Balaban J connectivity index is 4.11. The molecule has 1 atom stereocenters. The lowest BCUT2D eigenvalue weighted by Gasteiger charge is -2.15. The van der Waals surface area contributed by atoms with E-state index in [1.165, 1.54) is 77.0 Å². The van der Waals surface area contributed by atoms with Crippen LogP contribution in [0.4, 0.5) is 0 Å². The van der Waals surface area contributed by atoms with Crippen molar-refractivity contribution in [3.8, 4) is 0 Å². The number of allylic oxidation sites excluding steroid dienone is 1. The summed E-state index contributed by atoms with van der Waals surface area (Å²) in [7, 11) is 0. The minimum Gasteiger partial charge on any atom is -0.481 e. The molecule has 0 bridgehead atoms. The maximum atomic E-state index is 12.4. The van der Waals surface area contributed by atoms with E-state index in [9.17, 15) is 9.59 Å². The van der Waals surface area contributed by atoms with E-state index in [2.05, 4.69) is 26.0 Å². The third-order valence-corrected chi connectivity index (χ3v) is 6.22. The third kappa shape index (κ3) is 25.1. The number of carbonyl (C=O) groups excluding carboxylic acids is 1. The van der Waals surface area contributed by atoms with Crippen LogP contribution < -0.4 is 0 Å². The van der Waals surface area contributed by atoms with Crippen LogP contribution in [0.5, 0.6) is 0 Å². The van der Waals surface area contributed by atoms with Crippen LogP contribution in [0.15, 0.2) is 12.2 Å². The highest BCUT2D eigenvalue weighted by molar-refractivity contribution is 5.69. The monoisotopic (exact) mass is 466 g/mol. The summed E-state index contributed by atoms with van der Waals surface area (Å²) in [6.07, 6.45) is 28.0. The van der Waals surface area contributed by atoms with E-state index in [1.54, 1.807) is 0 Å². The van der Waals surface area contributed by atoms with E-state index in [-0.39, 0.29) is 18.5 Å². The van der Waals surface area contributed by atoms with Crippen LogP contribution in [0, 0.1) is 0 Å². The second kappa shape index (κ2) is 25.3. The Morgan fingerprint density at radius 2 is 1.15 bits per heavy atom. The summed E-state index contributed by atoms with van der Waals surface area (Å²) in [6, 6.07) is 0. The van der Waals surface area contributed by atoms with Gasteiger partial charge in [0.15, 0.2) is 0 Å². The molecule has 0 aromatic rings.